The molecule has 1 rings (SSSR count). The van der Waals surface area contributed by atoms with Gasteiger partial charge in [0.15, 0.2) is 0 Å². The number of hydrogen-bond acceptors (Lipinski definition) is 3. The number of hydrogen-bond donors (Lipinski definition) is 0. The van der Waals surface area contributed by atoms with Crippen LogP contribution in [0.1, 0.15) is 20.8 Å². The Morgan fingerprint density at radius 1 is 0.600 bits per heavy atom. The molecule has 1 aliphatic heterocycles. The number of rotatable bonds is 3. The molecule has 1 saturated heterocycles. The summed E-state index contributed by atoms with van der Waals surface area (Å²) >= 11 is 0. The monoisotopic (exact) mass is 204 g/mol. The Labute approximate surface area is 92.6 Å². The summed E-state index contributed by atoms with van der Waals surface area (Å²) < 4.78 is 16.5. The lowest BCUT2D eigenvalue weighted by atomic mass is 9.69. The standard InChI is InChI=1S/C9H15B3O3/c1-4-7-10-13-11(8-5-2)15-12(14-10)9-6-3/h4-9H,1-3H3. The van der Waals surface area contributed by atoms with Crippen LogP contribution >= 0.6 is 0 Å². The molecular weight excluding hydrogens is 189 g/mol. The van der Waals surface area contributed by atoms with Crippen molar-refractivity contribution in [2.75, 3.05) is 0 Å². The second-order valence-corrected chi connectivity index (χ2v) is 3.09. The second kappa shape index (κ2) is 6.72. The Bertz CT molecular complexity index is 217. The fourth-order valence-corrected chi connectivity index (χ4v) is 1.24. The van der Waals surface area contributed by atoms with Crippen molar-refractivity contribution in [2.45, 2.75) is 20.8 Å². The van der Waals surface area contributed by atoms with E-state index < -0.39 is 0 Å². The van der Waals surface area contributed by atoms with Gasteiger partial charge in [0.1, 0.15) is 0 Å². The fraction of sp³-hybridized carbons (Fsp3) is 0.333. The van der Waals surface area contributed by atoms with Crippen molar-refractivity contribution >= 4 is 21.4 Å². The van der Waals surface area contributed by atoms with Crippen LogP contribution < -0.4 is 0 Å². The molecule has 78 valence electrons. The molecule has 1 heterocycles. The molecule has 15 heavy (non-hydrogen) atoms. The highest BCUT2D eigenvalue weighted by atomic mass is 16.7. The maximum atomic E-state index is 5.49. The Hall–Kier alpha value is -0.705. The third kappa shape index (κ3) is 4.12. The van der Waals surface area contributed by atoms with Gasteiger partial charge in [-0.2, -0.15) is 0 Å². The molecule has 0 aliphatic carbocycles. The van der Waals surface area contributed by atoms with Crippen LogP contribution in [0.15, 0.2) is 36.2 Å². The van der Waals surface area contributed by atoms with Crippen LogP contribution in [0.4, 0.5) is 0 Å². The van der Waals surface area contributed by atoms with Crippen LogP contribution in [-0.2, 0) is 13.7 Å². The predicted molar refractivity (Wildman–Crippen MR) is 65.0 cm³/mol. The van der Waals surface area contributed by atoms with Gasteiger partial charge in [0.05, 0.1) is 0 Å². The summed E-state index contributed by atoms with van der Waals surface area (Å²) in [6.45, 7) is 5.78. The summed E-state index contributed by atoms with van der Waals surface area (Å²) in [6.07, 6.45) is 5.69. The van der Waals surface area contributed by atoms with E-state index in [1.54, 1.807) is 0 Å². The SMILES string of the molecule is CC=CB1OB(C=CC)OB(C=CC)O1. The lowest BCUT2D eigenvalue weighted by molar-refractivity contribution is 0.306. The first-order valence-corrected chi connectivity index (χ1v) is 5.15. The van der Waals surface area contributed by atoms with Crippen LogP contribution in [0.5, 0.6) is 0 Å². The molecule has 0 N–H and O–H groups in total. The fourth-order valence-electron chi connectivity index (χ4n) is 1.24. The first-order valence-electron chi connectivity index (χ1n) is 5.15. The normalized spacial score (nSPS) is 19.0. The summed E-state index contributed by atoms with van der Waals surface area (Å²) in [6, 6.07) is 0. The van der Waals surface area contributed by atoms with Crippen molar-refractivity contribution < 1.29 is 13.7 Å². The van der Waals surface area contributed by atoms with E-state index in [1.807, 2.05) is 56.9 Å². The third-order valence-electron chi connectivity index (χ3n) is 1.85. The predicted octanol–water partition coefficient (Wildman–Crippen LogP) is 1.86. The lowest BCUT2D eigenvalue weighted by Crippen LogP contribution is -2.46. The minimum absolute atomic E-state index is 0.342. The van der Waals surface area contributed by atoms with Crippen LogP contribution in [0.2, 0.25) is 0 Å². The van der Waals surface area contributed by atoms with Gasteiger partial charge in [0.25, 0.3) is 0 Å². The van der Waals surface area contributed by atoms with Crippen molar-refractivity contribution in [3.05, 3.63) is 36.2 Å². The summed E-state index contributed by atoms with van der Waals surface area (Å²) in [5.41, 5.74) is 0. The Morgan fingerprint density at radius 2 is 0.867 bits per heavy atom. The molecule has 0 aromatic rings. The molecule has 0 saturated carbocycles. The molecule has 0 spiro atoms. The van der Waals surface area contributed by atoms with Crippen LogP contribution in [0, 0.1) is 0 Å². The minimum atomic E-state index is -0.342. The van der Waals surface area contributed by atoms with E-state index in [-0.39, 0.29) is 21.4 Å². The Morgan fingerprint density at radius 3 is 1.07 bits per heavy atom. The molecule has 0 aromatic heterocycles. The van der Waals surface area contributed by atoms with Crippen molar-refractivity contribution in [3.63, 3.8) is 0 Å². The number of allylic oxidation sites excluding steroid dienone is 3. The zero-order valence-corrected chi connectivity index (χ0v) is 9.42. The highest BCUT2D eigenvalue weighted by Crippen LogP contribution is 2.10. The van der Waals surface area contributed by atoms with Crippen molar-refractivity contribution in [1.29, 1.82) is 0 Å². The molecule has 3 nitrogen and oxygen atoms in total. The van der Waals surface area contributed by atoms with Crippen LogP contribution in [0.25, 0.3) is 0 Å². The largest absolute Gasteiger partial charge is 0.458 e. The summed E-state index contributed by atoms with van der Waals surface area (Å²) in [4.78, 5) is 0. The lowest BCUT2D eigenvalue weighted by Gasteiger charge is -2.26. The van der Waals surface area contributed by atoms with Gasteiger partial charge in [-0.05, 0) is 20.8 Å². The zero-order chi connectivity index (χ0) is 11.1. The smallest absolute Gasteiger partial charge is 0.445 e. The second-order valence-electron chi connectivity index (χ2n) is 3.09. The van der Waals surface area contributed by atoms with Crippen LogP contribution in [0.3, 0.4) is 0 Å². The van der Waals surface area contributed by atoms with Gasteiger partial charge in [0, 0.05) is 0 Å². The molecule has 0 aromatic carbocycles. The van der Waals surface area contributed by atoms with Gasteiger partial charge in [-0.15, -0.1) is 0 Å². The van der Waals surface area contributed by atoms with Gasteiger partial charge in [-0.1, -0.05) is 36.2 Å². The van der Waals surface area contributed by atoms with Crippen molar-refractivity contribution in [2.24, 2.45) is 0 Å². The highest BCUT2D eigenvalue weighted by Gasteiger charge is 2.36. The quantitative estimate of drug-likeness (QED) is 0.656. The molecule has 6 heteroatoms. The van der Waals surface area contributed by atoms with Crippen LogP contribution in [-0.4, -0.2) is 21.4 Å². The van der Waals surface area contributed by atoms with E-state index in [0.717, 1.165) is 0 Å². The Balaban J connectivity index is 2.63. The molecule has 0 unspecified atom stereocenters. The molecular formula is C9H15B3O3. The summed E-state index contributed by atoms with van der Waals surface area (Å²) in [7, 11) is -1.02. The Kier molecular flexibility index (Phi) is 5.54. The summed E-state index contributed by atoms with van der Waals surface area (Å²) in [5, 5.41) is 0. The molecule has 1 fully saturated rings. The topological polar surface area (TPSA) is 27.7 Å². The van der Waals surface area contributed by atoms with Gasteiger partial charge in [-0.3, -0.25) is 0 Å². The van der Waals surface area contributed by atoms with Gasteiger partial charge < -0.3 is 13.7 Å². The van der Waals surface area contributed by atoms with E-state index in [2.05, 4.69) is 0 Å². The maximum absolute atomic E-state index is 5.49. The minimum Gasteiger partial charge on any atom is -0.445 e. The van der Waals surface area contributed by atoms with E-state index in [9.17, 15) is 0 Å². The summed E-state index contributed by atoms with van der Waals surface area (Å²) in [5.74, 6) is 5.57. The van der Waals surface area contributed by atoms with Gasteiger partial charge in [-0.25, -0.2) is 0 Å². The van der Waals surface area contributed by atoms with E-state index in [1.165, 1.54) is 0 Å². The molecule has 0 radical (unpaired) electrons. The van der Waals surface area contributed by atoms with E-state index in [0.29, 0.717) is 0 Å². The van der Waals surface area contributed by atoms with Gasteiger partial charge >= 0.3 is 21.4 Å². The molecule has 0 amide bonds. The zero-order valence-electron chi connectivity index (χ0n) is 9.42. The molecule has 0 atom stereocenters. The third-order valence-corrected chi connectivity index (χ3v) is 1.85. The van der Waals surface area contributed by atoms with Crippen molar-refractivity contribution in [3.8, 4) is 0 Å². The van der Waals surface area contributed by atoms with E-state index in [4.69, 9.17) is 13.7 Å². The first kappa shape index (κ1) is 12.4. The maximum Gasteiger partial charge on any atom is 0.458 e. The average Bonchev–Trinajstić information content (AvgIpc) is 2.19. The molecule has 1 aliphatic rings. The first-order chi connectivity index (χ1) is 7.30. The average molecular weight is 204 g/mol. The van der Waals surface area contributed by atoms with Crippen molar-refractivity contribution in [1.82, 2.24) is 0 Å². The van der Waals surface area contributed by atoms with E-state index >= 15 is 0 Å². The molecule has 0 bridgehead atoms. The highest BCUT2D eigenvalue weighted by molar-refractivity contribution is 6.78. The van der Waals surface area contributed by atoms with Gasteiger partial charge in [0.2, 0.25) is 0 Å².